The monoisotopic (exact) mass is 250 g/mol. The van der Waals surface area contributed by atoms with E-state index >= 15 is 0 Å². The number of hydrogen-bond acceptors (Lipinski definition) is 4. The molecule has 1 heterocycles. The zero-order chi connectivity index (χ0) is 11.3. The Bertz CT molecular complexity index is 323. The minimum atomic E-state index is -0.131. The predicted octanol–water partition coefficient (Wildman–Crippen LogP) is 2.59. The normalized spacial score (nSPS) is 12.5. The molecule has 0 aliphatic heterocycles. The zero-order valence-electron chi connectivity index (χ0n) is 8.54. The van der Waals surface area contributed by atoms with Crippen molar-refractivity contribution in [2.75, 3.05) is 13.2 Å². The van der Waals surface area contributed by atoms with Crippen LogP contribution < -0.4 is 4.74 Å². The molecule has 1 unspecified atom stereocenters. The smallest absolute Gasteiger partial charge is 0.237 e. The van der Waals surface area contributed by atoms with Crippen molar-refractivity contribution in [3.05, 3.63) is 16.5 Å². The predicted molar refractivity (Wildman–Crippen MR) is 58.6 cm³/mol. The third kappa shape index (κ3) is 4.20. The van der Waals surface area contributed by atoms with Crippen LogP contribution in [0, 0.1) is 0 Å². The lowest BCUT2D eigenvalue weighted by atomic mass is 10.4. The van der Waals surface area contributed by atoms with Gasteiger partial charge >= 0.3 is 0 Å². The van der Waals surface area contributed by atoms with Crippen molar-refractivity contribution in [2.45, 2.75) is 20.0 Å². The lowest BCUT2D eigenvalue weighted by molar-refractivity contribution is 0.0633. The first-order chi connectivity index (χ1) is 7.13. The SMILES string of the molecule is CCOCC(C)Oc1nc(Cl)ncc1Cl. The van der Waals surface area contributed by atoms with Crippen LogP contribution in [0.5, 0.6) is 5.88 Å². The average molecular weight is 251 g/mol. The Morgan fingerprint density at radius 2 is 2.20 bits per heavy atom. The minimum Gasteiger partial charge on any atom is -0.471 e. The van der Waals surface area contributed by atoms with Crippen LogP contribution in [-0.4, -0.2) is 29.3 Å². The fourth-order valence-corrected chi connectivity index (χ4v) is 1.18. The first kappa shape index (κ1) is 12.5. The highest BCUT2D eigenvalue weighted by molar-refractivity contribution is 6.32. The number of rotatable bonds is 5. The fourth-order valence-electron chi connectivity index (χ4n) is 0.922. The van der Waals surface area contributed by atoms with E-state index in [1.54, 1.807) is 0 Å². The molecule has 1 aromatic rings. The summed E-state index contributed by atoms with van der Waals surface area (Å²) < 4.78 is 10.6. The molecule has 0 radical (unpaired) electrons. The molecule has 0 bridgehead atoms. The van der Waals surface area contributed by atoms with E-state index in [9.17, 15) is 0 Å². The highest BCUT2D eigenvalue weighted by atomic mass is 35.5. The molecule has 1 rings (SSSR count). The molecule has 0 spiro atoms. The van der Waals surface area contributed by atoms with Crippen molar-refractivity contribution < 1.29 is 9.47 Å². The van der Waals surface area contributed by atoms with Gasteiger partial charge in [0, 0.05) is 6.61 Å². The number of nitrogens with zero attached hydrogens (tertiary/aromatic N) is 2. The third-order valence-electron chi connectivity index (χ3n) is 1.55. The molecular weight excluding hydrogens is 239 g/mol. The van der Waals surface area contributed by atoms with E-state index in [-0.39, 0.29) is 17.3 Å². The molecule has 15 heavy (non-hydrogen) atoms. The van der Waals surface area contributed by atoms with Crippen LogP contribution in [0.4, 0.5) is 0 Å². The van der Waals surface area contributed by atoms with E-state index in [0.29, 0.717) is 18.2 Å². The molecule has 0 amide bonds. The summed E-state index contributed by atoms with van der Waals surface area (Å²) in [5.41, 5.74) is 0. The van der Waals surface area contributed by atoms with Crippen LogP contribution in [-0.2, 0) is 4.74 Å². The Balaban J connectivity index is 2.59. The molecular formula is C9H12Cl2N2O2. The highest BCUT2D eigenvalue weighted by Crippen LogP contribution is 2.22. The minimum absolute atomic E-state index is 0.109. The lowest BCUT2D eigenvalue weighted by Crippen LogP contribution is -2.19. The van der Waals surface area contributed by atoms with Gasteiger partial charge in [-0.1, -0.05) is 11.6 Å². The Hall–Kier alpha value is -0.580. The van der Waals surface area contributed by atoms with Gasteiger partial charge in [-0.2, -0.15) is 4.98 Å². The second-order valence-electron chi connectivity index (χ2n) is 2.88. The third-order valence-corrected chi connectivity index (χ3v) is 1.99. The van der Waals surface area contributed by atoms with Gasteiger partial charge in [0.2, 0.25) is 11.2 Å². The van der Waals surface area contributed by atoms with E-state index in [0.717, 1.165) is 0 Å². The van der Waals surface area contributed by atoms with Crippen molar-refractivity contribution in [3.63, 3.8) is 0 Å². The molecule has 0 aromatic carbocycles. The number of aromatic nitrogens is 2. The van der Waals surface area contributed by atoms with Gasteiger partial charge in [-0.25, -0.2) is 4.98 Å². The van der Waals surface area contributed by atoms with Crippen LogP contribution >= 0.6 is 23.2 Å². The van der Waals surface area contributed by atoms with E-state index in [4.69, 9.17) is 32.7 Å². The van der Waals surface area contributed by atoms with Crippen LogP contribution in [0.15, 0.2) is 6.20 Å². The zero-order valence-corrected chi connectivity index (χ0v) is 10.0. The first-order valence-electron chi connectivity index (χ1n) is 4.56. The van der Waals surface area contributed by atoms with Crippen molar-refractivity contribution in [3.8, 4) is 5.88 Å². The van der Waals surface area contributed by atoms with Gasteiger partial charge in [-0.15, -0.1) is 0 Å². The molecule has 84 valence electrons. The van der Waals surface area contributed by atoms with Crippen molar-refractivity contribution in [1.29, 1.82) is 0 Å². The van der Waals surface area contributed by atoms with Gasteiger partial charge in [0.05, 0.1) is 12.8 Å². The van der Waals surface area contributed by atoms with Crippen molar-refractivity contribution >= 4 is 23.2 Å². The Morgan fingerprint density at radius 1 is 1.47 bits per heavy atom. The van der Waals surface area contributed by atoms with E-state index in [1.807, 2.05) is 13.8 Å². The van der Waals surface area contributed by atoms with Gasteiger partial charge in [0.1, 0.15) is 11.1 Å². The Kier molecular flexibility index (Phi) is 5.08. The standard InChI is InChI=1S/C9H12Cl2N2O2/c1-3-14-5-6(2)15-8-7(10)4-12-9(11)13-8/h4,6H,3,5H2,1-2H3. The number of ether oxygens (including phenoxy) is 2. The molecule has 0 fully saturated rings. The number of halogens is 2. The maximum absolute atomic E-state index is 5.82. The maximum atomic E-state index is 5.82. The summed E-state index contributed by atoms with van der Waals surface area (Å²) in [6.07, 6.45) is 1.27. The molecule has 0 saturated carbocycles. The molecule has 1 aromatic heterocycles. The van der Waals surface area contributed by atoms with Gasteiger partial charge in [0.25, 0.3) is 0 Å². The van der Waals surface area contributed by atoms with Crippen molar-refractivity contribution in [1.82, 2.24) is 9.97 Å². The van der Waals surface area contributed by atoms with Crippen LogP contribution in [0.25, 0.3) is 0 Å². The summed E-state index contributed by atoms with van der Waals surface area (Å²) in [7, 11) is 0. The van der Waals surface area contributed by atoms with Gasteiger partial charge < -0.3 is 9.47 Å². The molecule has 6 heteroatoms. The van der Waals surface area contributed by atoms with Gasteiger partial charge in [0.15, 0.2) is 0 Å². The topological polar surface area (TPSA) is 44.2 Å². The first-order valence-corrected chi connectivity index (χ1v) is 5.31. The average Bonchev–Trinajstić information content (AvgIpc) is 2.20. The fraction of sp³-hybridized carbons (Fsp3) is 0.556. The second kappa shape index (κ2) is 6.10. The van der Waals surface area contributed by atoms with Crippen LogP contribution in [0.3, 0.4) is 0 Å². The Morgan fingerprint density at radius 3 is 2.87 bits per heavy atom. The second-order valence-corrected chi connectivity index (χ2v) is 3.63. The number of hydrogen-bond donors (Lipinski definition) is 0. The maximum Gasteiger partial charge on any atom is 0.237 e. The molecule has 0 aliphatic rings. The van der Waals surface area contributed by atoms with E-state index in [1.165, 1.54) is 6.20 Å². The molecule has 4 nitrogen and oxygen atoms in total. The summed E-state index contributed by atoms with van der Waals surface area (Å²) in [5, 5.41) is 0.445. The van der Waals surface area contributed by atoms with Gasteiger partial charge in [-0.3, -0.25) is 0 Å². The summed E-state index contributed by atoms with van der Waals surface area (Å²) in [5.74, 6) is 0.281. The summed E-state index contributed by atoms with van der Waals surface area (Å²) in [6.45, 7) is 4.91. The van der Waals surface area contributed by atoms with E-state index in [2.05, 4.69) is 9.97 Å². The molecule has 0 saturated heterocycles. The molecule has 0 aliphatic carbocycles. The van der Waals surface area contributed by atoms with Crippen LogP contribution in [0.2, 0.25) is 10.3 Å². The molecule has 0 N–H and O–H groups in total. The summed E-state index contributed by atoms with van der Waals surface area (Å²) in [6, 6.07) is 0. The van der Waals surface area contributed by atoms with E-state index < -0.39 is 0 Å². The summed E-state index contributed by atoms with van der Waals surface area (Å²) >= 11 is 11.4. The Labute approximate surface area is 98.5 Å². The van der Waals surface area contributed by atoms with Crippen LogP contribution in [0.1, 0.15) is 13.8 Å². The van der Waals surface area contributed by atoms with Crippen molar-refractivity contribution in [2.24, 2.45) is 0 Å². The van der Waals surface area contributed by atoms with Gasteiger partial charge in [-0.05, 0) is 25.4 Å². The lowest BCUT2D eigenvalue weighted by Gasteiger charge is -2.14. The molecule has 1 atom stereocenters. The quantitative estimate of drug-likeness (QED) is 0.754. The summed E-state index contributed by atoms with van der Waals surface area (Å²) in [4.78, 5) is 7.59. The highest BCUT2D eigenvalue weighted by Gasteiger charge is 2.10. The largest absolute Gasteiger partial charge is 0.471 e.